The number of ether oxygens (including phenoxy) is 5. The van der Waals surface area contributed by atoms with E-state index in [1.54, 1.807) is 0 Å². The average molecular weight is 338 g/mol. The van der Waals surface area contributed by atoms with Crippen LogP contribution in [0.5, 0.6) is 0 Å². The van der Waals surface area contributed by atoms with E-state index in [1.807, 2.05) is 26.0 Å². The van der Waals surface area contributed by atoms with Crippen molar-refractivity contribution in [2.24, 2.45) is 0 Å². The van der Waals surface area contributed by atoms with Gasteiger partial charge in [0, 0.05) is 13.0 Å². The number of rotatable bonds is 10. The van der Waals surface area contributed by atoms with E-state index in [4.69, 9.17) is 23.7 Å². The summed E-state index contributed by atoms with van der Waals surface area (Å²) in [7, 11) is 0. The molecule has 5 heteroatoms. The second-order valence-corrected chi connectivity index (χ2v) is 6.14. The minimum Gasteiger partial charge on any atom is -0.353 e. The number of hydrogen-bond donors (Lipinski definition) is 0. The maximum atomic E-state index is 5.81. The third-order valence-electron chi connectivity index (χ3n) is 3.97. The van der Waals surface area contributed by atoms with Gasteiger partial charge in [-0.05, 0) is 38.3 Å². The molecule has 0 radical (unpaired) electrons. The summed E-state index contributed by atoms with van der Waals surface area (Å²) in [5.41, 5.74) is 2.54. The highest BCUT2D eigenvalue weighted by molar-refractivity contribution is 5.26. The summed E-state index contributed by atoms with van der Waals surface area (Å²) < 4.78 is 28.2. The van der Waals surface area contributed by atoms with Crippen molar-refractivity contribution in [1.82, 2.24) is 0 Å². The quantitative estimate of drug-likeness (QED) is 0.480. The molecular formula is C19H30O5. The topological polar surface area (TPSA) is 46.2 Å². The molecule has 1 fully saturated rings. The normalized spacial score (nSPS) is 23.3. The third-order valence-corrected chi connectivity index (χ3v) is 3.97. The molecule has 4 atom stereocenters. The van der Waals surface area contributed by atoms with Crippen molar-refractivity contribution in [3.05, 3.63) is 35.4 Å². The summed E-state index contributed by atoms with van der Waals surface area (Å²) in [5.74, 6) is 0. The zero-order valence-electron chi connectivity index (χ0n) is 15.2. The van der Waals surface area contributed by atoms with E-state index in [-0.39, 0.29) is 12.4 Å². The summed E-state index contributed by atoms with van der Waals surface area (Å²) in [6.07, 6.45) is 2.18. The highest BCUT2D eigenvalue weighted by Gasteiger charge is 2.29. The minimum atomic E-state index is -0.683. The van der Waals surface area contributed by atoms with E-state index >= 15 is 0 Å². The molecule has 0 amide bonds. The average Bonchev–Trinajstić information content (AvgIpc) is 2.96. The van der Waals surface area contributed by atoms with Crippen molar-refractivity contribution >= 4 is 0 Å². The van der Waals surface area contributed by atoms with Crippen LogP contribution in [-0.4, -0.2) is 38.4 Å². The fourth-order valence-electron chi connectivity index (χ4n) is 2.58. The van der Waals surface area contributed by atoms with E-state index in [2.05, 4.69) is 26.0 Å². The number of benzene rings is 1. The standard InChI is InChI=1S/C19H30O5/c1-5-6-11-20-15(3)22-16(4)23-19-21-13-18(24-19)12-17-10-8-7-9-14(17)2/h7-10,15-16,18-19H,5-6,11-13H2,1-4H3. The lowest BCUT2D eigenvalue weighted by atomic mass is 10.0. The summed E-state index contributed by atoms with van der Waals surface area (Å²) >= 11 is 0. The second kappa shape index (κ2) is 10.1. The van der Waals surface area contributed by atoms with Crippen LogP contribution in [0.3, 0.4) is 0 Å². The predicted octanol–water partition coefficient (Wildman–Crippen LogP) is 3.78. The van der Waals surface area contributed by atoms with Gasteiger partial charge in [0.05, 0.1) is 12.7 Å². The molecule has 0 N–H and O–H groups in total. The Kier molecular flexibility index (Phi) is 8.15. The Morgan fingerprint density at radius 1 is 1.21 bits per heavy atom. The first kappa shape index (κ1) is 19.3. The van der Waals surface area contributed by atoms with Crippen LogP contribution in [0.2, 0.25) is 0 Å². The predicted molar refractivity (Wildman–Crippen MR) is 91.5 cm³/mol. The lowest BCUT2D eigenvalue weighted by molar-refractivity contribution is -0.327. The molecule has 1 aromatic carbocycles. The number of unbranched alkanes of at least 4 members (excludes halogenated alkanes) is 1. The lowest BCUT2D eigenvalue weighted by Gasteiger charge is -2.22. The van der Waals surface area contributed by atoms with E-state index in [0.29, 0.717) is 13.2 Å². The van der Waals surface area contributed by atoms with Crippen LogP contribution < -0.4 is 0 Å². The van der Waals surface area contributed by atoms with Crippen LogP contribution in [0, 0.1) is 6.92 Å². The van der Waals surface area contributed by atoms with Crippen LogP contribution in [0.25, 0.3) is 0 Å². The van der Waals surface area contributed by atoms with Crippen molar-refractivity contribution < 1.29 is 23.7 Å². The summed E-state index contributed by atoms with van der Waals surface area (Å²) in [4.78, 5) is 0. The fourth-order valence-corrected chi connectivity index (χ4v) is 2.58. The number of hydrogen-bond acceptors (Lipinski definition) is 5. The van der Waals surface area contributed by atoms with Crippen LogP contribution >= 0.6 is 0 Å². The maximum absolute atomic E-state index is 5.81. The molecule has 1 aliphatic heterocycles. The lowest BCUT2D eigenvalue weighted by Crippen LogP contribution is -2.28. The minimum absolute atomic E-state index is 0.00141. The van der Waals surface area contributed by atoms with Crippen LogP contribution in [-0.2, 0) is 30.1 Å². The molecule has 136 valence electrons. The Bertz CT molecular complexity index is 479. The van der Waals surface area contributed by atoms with Gasteiger partial charge in [0.15, 0.2) is 12.6 Å². The van der Waals surface area contributed by atoms with Gasteiger partial charge in [0.2, 0.25) is 0 Å². The van der Waals surface area contributed by atoms with E-state index in [0.717, 1.165) is 19.3 Å². The number of aryl methyl sites for hydroxylation is 1. The Labute approximate surface area is 145 Å². The van der Waals surface area contributed by atoms with E-state index in [9.17, 15) is 0 Å². The molecule has 5 nitrogen and oxygen atoms in total. The van der Waals surface area contributed by atoms with Crippen LogP contribution in [0.4, 0.5) is 0 Å². The smallest absolute Gasteiger partial charge is 0.274 e. The van der Waals surface area contributed by atoms with Crippen LogP contribution in [0.1, 0.15) is 44.7 Å². The van der Waals surface area contributed by atoms with Gasteiger partial charge in [-0.25, -0.2) is 0 Å². The van der Waals surface area contributed by atoms with Crippen molar-refractivity contribution in [2.45, 2.75) is 72.1 Å². The maximum Gasteiger partial charge on any atom is 0.274 e. The van der Waals surface area contributed by atoms with Gasteiger partial charge in [0.1, 0.15) is 0 Å². The van der Waals surface area contributed by atoms with Crippen LogP contribution in [0.15, 0.2) is 24.3 Å². The molecule has 1 saturated heterocycles. The monoisotopic (exact) mass is 338 g/mol. The first-order chi connectivity index (χ1) is 11.6. The van der Waals surface area contributed by atoms with Crippen molar-refractivity contribution in [3.8, 4) is 0 Å². The Hall–Kier alpha value is -0.980. The molecule has 0 saturated carbocycles. The molecule has 0 bridgehead atoms. The van der Waals surface area contributed by atoms with Gasteiger partial charge in [0.25, 0.3) is 6.48 Å². The zero-order chi connectivity index (χ0) is 17.4. The molecule has 0 aliphatic carbocycles. The molecule has 0 spiro atoms. The molecule has 4 unspecified atom stereocenters. The van der Waals surface area contributed by atoms with Gasteiger partial charge in [-0.1, -0.05) is 37.6 Å². The summed E-state index contributed by atoms with van der Waals surface area (Å²) in [6, 6.07) is 8.31. The molecule has 2 rings (SSSR count). The Balaban J connectivity index is 1.68. The molecular weight excluding hydrogens is 308 g/mol. The highest BCUT2D eigenvalue weighted by Crippen LogP contribution is 2.20. The van der Waals surface area contributed by atoms with E-state index in [1.165, 1.54) is 11.1 Å². The second-order valence-electron chi connectivity index (χ2n) is 6.14. The van der Waals surface area contributed by atoms with Gasteiger partial charge < -0.3 is 23.7 Å². The molecule has 1 heterocycles. The van der Waals surface area contributed by atoms with Gasteiger partial charge >= 0.3 is 0 Å². The largest absolute Gasteiger partial charge is 0.353 e. The molecule has 1 aromatic rings. The van der Waals surface area contributed by atoms with Gasteiger partial charge in [-0.15, -0.1) is 0 Å². The van der Waals surface area contributed by atoms with Crippen molar-refractivity contribution in [1.29, 1.82) is 0 Å². The Morgan fingerprint density at radius 3 is 2.75 bits per heavy atom. The SMILES string of the molecule is CCCCOC(C)OC(C)OC1OCC(Cc2ccccc2C)O1. The molecule has 24 heavy (non-hydrogen) atoms. The zero-order valence-corrected chi connectivity index (χ0v) is 15.2. The highest BCUT2D eigenvalue weighted by atomic mass is 16.9. The van der Waals surface area contributed by atoms with Gasteiger partial charge in [-0.3, -0.25) is 0 Å². The summed E-state index contributed by atoms with van der Waals surface area (Å²) in [5, 5.41) is 0. The van der Waals surface area contributed by atoms with Crippen molar-refractivity contribution in [2.75, 3.05) is 13.2 Å². The molecule has 1 aliphatic rings. The van der Waals surface area contributed by atoms with Gasteiger partial charge in [-0.2, -0.15) is 0 Å². The first-order valence-corrected chi connectivity index (χ1v) is 8.82. The van der Waals surface area contributed by atoms with E-state index < -0.39 is 12.8 Å². The Morgan fingerprint density at radius 2 is 2.00 bits per heavy atom. The van der Waals surface area contributed by atoms with Crippen molar-refractivity contribution in [3.63, 3.8) is 0 Å². The molecule has 0 aromatic heterocycles. The first-order valence-electron chi connectivity index (χ1n) is 8.82. The summed E-state index contributed by atoms with van der Waals surface area (Å²) in [6.45, 7) is 8.45. The third kappa shape index (κ3) is 6.49. The fraction of sp³-hybridized carbons (Fsp3) is 0.684.